The SMILES string of the molecule is CCN(CC)S(=O)(=O)c1ccc(N2CCOCC2=O)cc1. The van der Waals surface area contributed by atoms with Crippen LogP contribution in [0.15, 0.2) is 29.2 Å². The van der Waals surface area contributed by atoms with Gasteiger partial charge in [-0.2, -0.15) is 4.31 Å². The molecule has 0 aliphatic carbocycles. The van der Waals surface area contributed by atoms with Gasteiger partial charge in [-0.25, -0.2) is 8.42 Å². The van der Waals surface area contributed by atoms with Crippen molar-refractivity contribution in [3.63, 3.8) is 0 Å². The van der Waals surface area contributed by atoms with Crippen molar-refractivity contribution in [2.75, 3.05) is 37.7 Å². The third kappa shape index (κ3) is 3.25. The van der Waals surface area contributed by atoms with E-state index in [2.05, 4.69) is 0 Å². The van der Waals surface area contributed by atoms with Gasteiger partial charge >= 0.3 is 0 Å². The molecule has 0 saturated carbocycles. The Balaban J connectivity index is 2.24. The minimum Gasteiger partial charge on any atom is -0.370 e. The molecule has 6 nitrogen and oxygen atoms in total. The molecule has 21 heavy (non-hydrogen) atoms. The van der Waals surface area contributed by atoms with E-state index in [0.717, 1.165) is 0 Å². The molecule has 1 amide bonds. The Bertz CT molecular complexity index is 594. The average Bonchev–Trinajstić information content (AvgIpc) is 2.49. The normalized spacial score (nSPS) is 16.5. The van der Waals surface area contributed by atoms with Crippen LogP contribution in [0.5, 0.6) is 0 Å². The maximum Gasteiger partial charge on any atom is 0.253 e. The van der Waals surface area contributed by atoms with Crippen molar-refractivity contribution < 1.29 is 17.9 Å². The first-order valence-corrected chi connectivity index (χ1v) is 8.43. The van der Waals surface area contributed by atoms with Crippen LogP contribution in [-0.4, -0.2) is 51.5 Å². The van der Waals surface area contributed by atoms with Crippen LogP contribution in [0.1, 0.15) is 13.8 Å². The van der Waals surface area contributed by atoms with E-state index in [0.29, 0.717) is 31.9 Å². The van der Waals surface area contributed by atoms with Crippen LogP contribution in [0.3, 0.4) is 0 Å². The molecule has 0 spiro atoms. The van der Waals surface area contributed by atoms with E-state index in [4.69, 9.17) is 4.74 Å². The van der Waals surface area contributed by atoms with E-state index >= 15 is 0 Å². The van der Waals surface area contributed by atoms with Crippen LogP contribution >= 0.6 is 0 Å². The predicted molar refractivity (Wildman–Crippen MR) is 79.7 cm³/mol. The van der Waals surface area contributed by atoms with Crippen molar-refractivity contribution in [3.8, 4) is 0 Å². The second kappa shape index (κ2) is 6.55. The minimum absolute atomic E-state index is 0.0689. The summed E-state index contributed by atoms with van der Waals surface area (Å²) in [6.07, 6.45) is 0. The van der Waals surface area contributed by atoms with Gasteiger partial charge in [0.15, 0.2) is 0 Å². The summed E-state index contributed by atoms with van der Waals surface area (Å²) in [5.74, 6) is -0.111. The zero-order valence-corrected chi connectivity index (χ0v) is 13.1. The maximum absolute atomic E-state index is 12.4. The fourth-order valence-electron chi connectivity index (χ4n) is 2.30. The molecular formula is C14H20N2O4S. The summed E-state index contributed by atoms with van der Waals surface area (Å²) >= 11 is 0. The van der Waals surface area contributed by atoms with Crippen LogP contribution < -0.4 is 4.90 Å². The third-order valence-electron chi connectivity index (χ3n) is 3.48. The topological polar surface area (TPSA) is 66.9 Å². The molecule has 0 N–H and O–H groups in total. The van der Waals surface area contributed by atoms with Crippen molar-refractivity contribution in [1.29, 1.82) is 0 Å². The fraction of sp³-hybridized carbons (Fsp3) is 0.500. The Kier molecular flexibility index (Phi) is 4.97. The first kappa shape index (κ1) is 15.9. The number of ether oxygens (including phenoxy) is 1. The fourth-order valence-corrected chi connectivity index (χ4v) is 3.76. The first-order valence-electron chi connectivity index (χ1n) is 6.99. The molecule has 0 radical (unpaired) electrons. The molecule has 0 unspecified atom stereocenters. The molecule has 0 aromatic heterocycles. The Labute approximate surface area is 125 Å². The number of hydrogen-bond acceptors (Lipinski definition) is 4. The zero-order chi connectivity index (χ0) is 15.5. The van der Waals surface area contributed by atoms with Gasteiger partial charge in [0.1, 0.15) is 6.61 Å². The van der Waals surface area contributed by atoms with E-state index in [9.17, 15) is 13.2 Å². The highest BCUT2D eigenvalue weighted by atomic mass is 32.2. The molecule has 1 saturated heterocycles. The monoisotopic (exact) mass is 312 g/mol. The second-order valence-electron chi connectivity index (χ2n) is 4.68. The molecule has 1 aromatic rings. The van der Waals surface area contributed by atoms with Gasteiger partial charge in [-0.1, -0.05) is 13.8 Å². The Morgan fingerprint density at radius 2 is 1.81 bits per heavy atom. The Morgan fingerprint density at radius 1 is 1.19 bits per heavy atom. The molecule has 1 aliphatic heterocycles. The smallest absolute Gasteiger partial charge is 0.253 e. The number of sulfonamides is 1. The van der Waals surface area contributed by atoms with Crippen LogP contribution in [0, 0.1) is 0 Å². The predicted octanol–water partition coefficient (Wildman–Crippen LogP) is 1.08. The number of hydrogen-bond donors (Lipinski definition) is 0. The molecule has 0 atom stereocenters. The minimum atomic E-state index is -3.46. The lowest BCUT2D eigenvalue weighted by Gasteiger charge is -2.27. The quantitative estimate of drug-likeness (QED) is 0.816. The van der Waals surface area contributed by atoms with Gasteiger partial charge in [0.05, 0.1) is 11.5 Å². The molecule has 1 aliphatic rings. The lowest BCUT2D eigenvalue weighted by atomic mass is 10.2. The van der Waals surface area contributed by atoms with Crippen molar-refractivity contribution in [1.82, 2.24) is 4.31 Å². The summed E-state index contributed by atoms with van der Waals surface area (Å²) in [6, 6.07) is 6.43. The van der Waals surface area contributed by atoms with Gasteiger partial charge in [0.25, 0.3) is 5.91 Å². The van der Waals surface area contributed by atoms with Crippen molar-refractivity contribution in [2.24, 2.45) is 0 Å². The van der Waals surface area contributed by atoms with E-state index < -0.39 is 10.0 Å². The average molecular weight is 312 g/mol. The van der Waals surface area contributed by atoms with E-state index in [-0.39, 0.29) is 17.4 Å². The highest BCUT2D eigenvalue weighted by molar-refractivity contribution is 7.89. The molecule has 7 heteroatoms. The van der Waals surface area contributed by atoms with Gasteiger partial charge in [-0.3, -0.25) is 4.79 Å². The number of amides is 1. The summed E-state index contributed by atoms with van der Waals surface area (Å²) in [5.41, 5.74) is 0.696. The highest BCUT2D eigenvalue weighted by Crippen LogP contribution is 2.21. The molecule has 2 rings (SSSR count). The van der Waals surface area contributed by atoms with Crippen molar-refractivity contribution >= 4 is 21.6 Å². The maximum atomic E-state index is 12.4. The van der Waals surface area contributed by atoms with Gasteiger partial charge in [0.2, 0.25) is 10.0 Å². The second-order valence-corrected chi connectivity index (χ2v) is 6.62. The largest absolute Gasteiger partial charge is 0.370 e. The summed E-state index contributed by atoms with van der Waals surface area (Å²) in [6.45, 7) is 5.53. The molecule has 1 fully saturated rings. The Morgan fingerprint density at radius 3 is 2.33 bits per heavy atom. The van der Waals surface area contributed by atoms with Crippen LogP contribution in [-0.2, 0) is 19.6 Å². The van der Waals surface area contributed by atoms with Gasteiger partial charge in [0, 0.05) is 25.3 Å². The number of carbonyl (C=O) groups is 1. The molecule has 0 bridgehead atoms. The number of benzene rings is 1. The van der Waals surface area contributed by atoms with Crippen molar-refractivity contribution in [3.05, 3.63) is 24.3 Å². The third-order valence-corrected chi connectivity index (χ3v) is 5.54. The number of morpholine rings is 1. The first-order chi connectivity index (χ1) is 10.0. The summed E-state index contributed by atoms with van der Waals surface area (Å²) in [7, 11) is -3.46. The molecular weight excluding hydrogens is 292 g/mol. The number of rotatable bonds is 5. The van der Waals surface area contributed by atoms with Crippen molar-refractivity contribution in [2.45, 2.75) is 18.7 Å². The number of anilines is 1. The van der Waals surface area contributed by atoms with Gasteiger partial charge in [-0.05, 0) is 24.3 Å². The summed E-state index contributed by atoms with van der Waals surface area (Å²) in [5, 5.41) is 0. The van der Waals surface area contributed by atoms with Crippen LogP contribution in [0.2, 0.25) is 0 Å². The van der Waals surface area contributed by atoms with E-state index in [1.54, 1.807) is 29.2 Å². The van der Waals surface area contributed by atoms with Crippen LogP contribution in [0.4, 0.5) is 5.69 Å². The lowest BCUT2D eigenvalue weighted by molar-refractivity contribution is -0.125. The van der Waals surface area contributed by atoms with Gasteiger partial charge in [-0.15, -0.1) is 0 Å². The standard InChI is InChI=1S/C14H20N2O4S/c1-3-15(4-2)21(18,19)13-7-5-12(6-8-13)16-9-10-20-11-14(16)17/h5-8H,3-4,9-11H2,1-2H3. The molecule has 1 aromatic carbocycles. The summed E-state index contributed by atoms with van der Waals surface area (Å²) in [4.78, 5) is 13.6. The van der Waals surface area contributed by atoms with E-state index in [1.165, 1.54) is 4.31 Å². The number of nitrogens with zero attached hydrogens (tertiary/aromatic N) is 2. The number of carbonyl (C=O) groups excluding carboxylic acids is 1. The zero-order valence-electron chi connectivity index (χ0n) is 12.3. The summed E-state index contributed by atoms with van der Waals surface area (Å²) < 4.78 is 31.2. The Hall–Kier alpha value is -1.44. The van der Waals surface area contributed by atoms with E-state index in [1.807, 2.05) is 13.8 Å². The highest BCUT2D eigenvalue weighted by Gasteiger charge is 2.23. The lowest BCUT2D eigenvalue weighted by Crippen LogP contribution is -2.41. The molecule has 116 valence electrons. The van der Waals surface area contributed by atoms with Gasteiger partial charge < -0.3 is 9.64 Å². The molecule has 1 heterocycles. The van der Waals surface area contributed by atoms with Crippen LogP contribution in [0.25, 0.3) is 0 Å².